The van der Waals surface area contributed by atoms with Gasteiger partial charge >= 0.3 is 12.4 Å². The van der Waals surface area contributed by atoms with Crippen LogP contribution in [0.2, 0.25) is 0 Å². The summed E-state index contributed by atoms with van der Waals surface area (Å²) >= 11 is 0. The van der Waals surface area contributed by atoms with Crippen molar-refractivity contribution in [2.75, 3.05) is 36.4 Å². The minimum atomic E-state index is -4.78. The molecule has 3 rings (SSSR count). The molecule has 2 heterocycles. The minimum absolute atomic E-state index is 0.227. The van der Waals surface area contributed by atoms with E-state index in [-0.39, 0.29) is 17.5 Å². The number of anilines is 2. The summed E-state index contributed by atoms with van der Waals surface area (Å²) in [5.41, 5.74) is 0.227. The molecule has 2 amide bonds. The minimum Gasteiger partial charge on any atom is -0.406 e. The Morgan fingerprint density at radius 1 is 1.08 bits per heavy atom. The molecule has 0 unspecified atom stereocenters. The number of amides is 2. The van der Waals surface area contributed by atoms with Crippen molar-refractivity contribution in [3.05, 3.63) is 42.7 Å². The number of ether oxygens (including phenoxy) is 1. The highest BCUT2D eigenvalue weighted by atomic mass is 19.4. The molecule has 7 nitrogen and oxygen atoms in total. The zero-order chi connectivity index (χ0) is 18.6. The Bertz CT molecular complexity index is 749. The number of urea groups is 1. The standard InChI is InChI=1S/C16H16F3N5O2/c17-16(18,19)26-13-4-1-3-12(11-13)22-15(25)24-9-7-23(8-10-24)14-20-5-2-6-21-14/h1-6,11H,7-10H2,(H,22,25). The lowest BCUT2D eigenvalue weighted by Gasteiger charge is -2.34. The quantitative estimate of drug-likeness (QED) is 0.903. The van der Waals surface area contributed by atoms with E-state index in [4.69, 9.17) is 0 Å². The van der Waals surface area contributed by atoms with Gasteiger partial charge in [0.25, 0.3) is 0 Å². The van der Waals surface area contributed by atoms with E-state index in [0.717, 1.165) is 6.07 Å². The maximum absolute atomic E-state index is 12.3. The number of hydrogen-bond acceptors (Lipinski definition) is 5. The smallest absolute Gasteiger partial charge is 0.406 e. The molecule has 1 N–H and O–H groups in total. The summed E-state index contributed by atoms with van der Waals surface area (Å²) < 4.78 is 40.7. The number of piperazine rings is 1. The van der Waals surface area contributed by atoms with Crippen molar-refractivity contribution in [1.29, 1.82) is 0 Å². The van der Waals surface area contributed by atoms with Crippen LogP contribution in [0.25, 0.3) is 0 Å². The molecule has 0 atom stereocenters. The van der Waals surface area contributed by atoms with E-state index >= 15 is 0 Å². The zero-order valence-electron chi connectivity index (χ0n) is 13.6. The molecule has 0 spiro atoms. The van der Waals surface area contributed by atoms with Gasteiger partial charge in [-0.1, -0.05) is 6.07 Å². The molecule has 0 saturated carbocycles. The molecule has 2 aromatic rings. The van der Waals surface area contributed by atoms with Gasteiger partial charge in [-0.25, -0.2) is 14.8 Å². The van der Waals surface area contributed by atoms with Gasteiger partial charge in [0.15, 0.2) is 0 Å². The van der Waals surface area contributed by atoms with Gasteiger partial charge < -0.3 is 19.9 Å². The van der Waals surface area contributed by atoms with Crippen LogP contribution in [0.4, 0.5) is 29.6 Å². The first kappa shape index (κ1) is 17.8. The SMILES string of the molecule is O=C(Nc1cccc(OC(F)(F)F)c1)N1CCN(c2ncccn2)CC1. The number of aromatic nitrogens is 2. The first-order chi connectivity index (χ1) is 12.4. The van der Waals surface area contributed by atoms with Crippen LogP contribution >= 0.6 is 0 Å². The maximum atomic E-state index is 12.3. The van der Waals surface area contributed by atoms with Crippen molar-refractivity contribution < 1.29 is 22.7 Å². The van der Waals surface area contributed by atoms with E-state index in [9.17, 15) is 18.0 Å². The highest BCUT2D eigenvalue weighted by molar-refractivity contribution is 5.89. The van der Waals surface area contributed by atoms with Gasteiger partial charge in [-0.15, -0.1) is 13.2 Å². The lowest BCUT2D eigenvalue weighted by Crippen LogP contribution is -2.50. The molecule has 1 aliphatic heterocycles. The third-order valence-corrected chi connectivity index (χ3v) is 3.72. The first-order valence-corrected chi connectivity index (χ1v) is 7.84. The molecule has 0 aliphatic carbocycles. The van der Waals surface area contributed by atoms with E-state index in [1.165, 1.54) is 18.2 Å². The lowest BCUT2D eigenvalue weighted by atomic mass is 10.3. The average Bonchev–Trinajstić information content (AvgIpc) is 2.61. The molecule has 1 aromatic carbocycles. The fourth-order valence-electron chi connectivity index (χ4n) is 2.54. The fraction of sp³-hybridized carbons (Fsp3) is 0.312. The monoisotopic (exact) mass is 367 g/mol. The largest absolute Gasteiger partial charge is 0.573 e. The second-order valence-corrected chi connectivity index (χ2v) is 5.53. The zero-order valence-corrected chi connectivity index (χ0v) is 13.6. The molecule has 1 fully saturated rings. The van der Waals surface area contributed by atoms with Crippen LogP contribution < -0.4 is 15.0 Å². The topological polar surface area (TPSA) is 70.6 Å². The Balaban J connectivity index is 1.55. The van der Waals surface area contributed by atoms with Crippen LogP contribution in [0.3, 0.4) is 0 Å². The Hall–Kier alpha value is -3.04. The van der Waals surface area contributed by atoms with Crippen molar-refractivity contribution in [3.8, 4) is 5.75 Å². The Labute approximate surface area is 147 Å². The number of carbonyl (C=O) groups excluding carboxylic acids is 1. The van der Waals surface area contributed by atoms with Crippen molar-refractivity contribution in [2.45, 2.75) is 6.36 Å². The Kier molecular flexibility index (Phi) is 5.10. The second-order valence-electron chi connectivity index (χ2n) is 5.53. The van der Waals surface area contributed by atoms with Crippen LogP contribution in [0.5, 0.6) is 5.75 Å². The summed E-state index contributed by atoms with van der Waals surface area (Å²) in [6.45, 7) is 2.02. The van der Waals surface area contributed by atoms with Gasteiger partial charge in [0, 0.05) is 50.3 Å². The van der Waals surface area contributed by atoms with Crippen molar-refractivity contribution >= 4 is 17.7 Å². The number of nitrogens with zero attached hydrogens (tertiary/aromatic N) is 4. The third-order valence-electron chi connectivity index (χ3n) is 3.72. The van der Waals surface area contributed by atoms with Crippen LogP contribution in [0, 0.1) is 0 Å². The highest BCUT2D eigenvalue weighted by Gasteiger charge is 2.31. The predicted octanol–water partition coefficient (Wildman–Crippen LogP) is 2.73. The number of benzene rings is 1. The van der Waals surface area contributed by atoms with Crippen LogP contribution in [0.1, 0.15) is 0 Å². The normalized spacial score (nSPS) is 14.9. The number of halogens is 3. The number of nitrogens with one attached hydrogen (secondary N) is 1. The first-order valence-electron chi connectivity index (χ1n) is 7.84. The van der Waals surface area contributed by atoms with Crippen molar-refractivity contribution in [2.24, 2.45) is 0 Å². The van der Waals surface area contributed by atoms with Gasteiger partial charge in [-0.2, -0.15) is 0 Å². The summed E-state index contributed by atoms with van der Waals surface area (Å²) in [6.07, 6.45) is -1.48. The summed E-state index contributed by atoms with van der Waals surface area (Å²) in [4.78, 5) is 24.2. The lowest BCUT2D eigenvalue weighted by molar-refractivity contribution is -0.274. The summed E-state index contributed by atoms with van der Waals surface area (Å²) in [5, 5.41) is 2.58. The summed E-state index contributed by atoms with van der Waals surface area (Å²) in [5.74, 6) is 0.214. The molecule has 0 radical (unpaired) electrons. The molecule has 1 aliphatic rings. The summed E-state index contributed by atoms with van der Waals surface area (Å²) in [7, 11) is 0. The molecule has 1 aromatic heterocycles. The van der Waals surface area contributed by atoms with Gasteiger partial charge in [-0.3, -0.25) is 0 Å². The average molecular weight is 367 g/mol. The molecular weight excluding hydrogens is 351 g/mol. The molecule has 0 bridgehead atoms. The van der Waals surface area contributed by atoms with E-state index in [0.29, 0.717) is 32.1 Å². The van der Waals surface area contributed by atoms with E-state index in [2.05, 4.69) is 20.0 Å². The molecule has 10 heteroatoms. The third kappa shape index (κ3) is 4.74. The summed E-state index contributed by atoms with van der Waals surface area (Å²) in [6, 6.07) is 6.50. The number of rotatable bonds is 3. The van der Waals surface area contributed by atoms with Crippen molar-refractivity contribution in [1.82, 2.24) is 14.9 Å². The maximum Gasteiger partial charge on any atom is 0.573 e. The molecule has 1 saturated heterocycles. The number of carbonyl (C=O) groups is 1. The predicted molar refractivity (Wildman–Crippen MR) is 88.0 cm³/mol. The van der Waals surface area contributed by atoms with Crippen molar-refractivity contribution in [3.63, 3.8) is 0 Å². The Morgan fingerprint density at radius 3 is 2.42 bits per heavy atom. The number of hydrogen-bond donors (Lipinski definition) is 1. The van der Waals surface area contributed by atoms with Gasteiger partial charge in [-0.05, 0) is 18.2 Å². The molecule has 138 valence electrons. The highest BCUT2D eigenvalue weighted by Crippen LogP contribution is 2.25. The van der Waals surface area contributed by atoms with Crippen LogP contribution in [-0.4, -0.2) is 53.4 Å². The van der Waals surface area contributed by atoms with Gasteiger partial charge in [0.05, 0.1) is 0 Å². The van der Waals surface area contributed by atoms with Crippen LogP contribution in [-0.2, 0) is 0 Å². The number of alkyl halides is 3. The van der Waals surface area contributed by atoms with Gasteiger partial charge in [0.2, 0.25) is 5.95 Å². The van der Waals surface area contributed by atoms with E-state index in [1.54, 1.807) is 23.4 Å². The van der Waals surface area contributed by atoms with E-state index < -0.39 is 6.36 Å². The van der Waals surface area contributed by atoms with Gasteiger partial charge in [0.1, 0.15) is 5.75 Å². The second kappa shape index (κ2) is 7.46. The molecular formula is C16H16F3N5O2. The fourth-order valence-corrected chi connectivity index (χ4v) is 2.54. The Morgan fingerprint density at radius 2 is 1.77 bits per heavy atom. The van der Waals surface area contributed by atoms with E-state index in [1.807, 2.05) is 4.90 Å². The molecule has 26 heavy (non-hydrogen) atoms. The van der Waals surface area contributed by atoms with Crippen LogP contribution in [0.15, 0.2) is 42.7 Å².